The van der Waals surface area contributed by atoms with E-state index >= 15 is 0 Å². The monoisotopic (exact) mass is 663 g/mol. The summed E-state index contributed by atoms with van der Waals surface area (Å²) in [7, 11) is 4.07. The molecule has 5 aromatic carbocycles. The summed E-state index contributed by atoms with van der Waals surface area (Å²) in [6.45, 7) is 3.69. The number of imidazole rings is 1. The average molecular weight is 664 g/mol. The van der Waals surface area contributed by atoms with Crippen LogP contribution in [-0.2, 0) is 37.8 Å². The second-order valence-electron chi connectivity index (χ2n) is 13.5. The van der Waals surface area contributed by atoms with Crippen LogP contribution in [-0.4, -0.2) is 52.9 Å². The molecule has 50 heavy (non-hydrogen) atoms. The highest BCUT2D eigenvalue weighted by Crippen LogP contribution is 2.28. The first-order valence-electron chi connectivity index (χ1n) is 17.5. The number of anilines is 2. The second-order valence-corrected chi connectivity index (χ2v) is 13.5. The quantitative estimate of drug-likeness (QED) is 0.108. The highest BCUT2D eigenvalue weighted by atomic mass is 16.2. The Bertz CT molecular complexity index is 2120. The van der Waals surface area contributed by atoms with Gasteiger partial charge in [-0.1, -0.05) is 78.9 Å². The van der Waals surface area contributed by atoms with Gasteiger partial charge in [-0.2, -0.15) is 0 Å². The van der Waals surface area contributed by atoms with Crippen LogP contribution < -0.4 is 15.5 Å². The van der Waals surface area contributed by atoms with E-state index in [0.29, 0.717) is 13.1 Å². The van der Waals surface area contributed by atoms with Gasteiger partial charge in [-0.25, -0.2) is 4.98 Å². The Morgan fingerprint density at radius 1 is 0.840 bits per heavy atom. The Hall–Kier alpha value is -5.47. The third kappa shape index (κ3) is 7.26. The predicted octanol–water partition coefficient (Wildman–Crippen LogP) is 7.06. The van der Waals surface area contributed by atoms with Crippen molar-refractivity contribution in [3.63, 3.8) is 0 Å². The van der Waals surface area contributed by atoms with Crippen LogP contribution in [0.5, 0.6) is 0 Å². The standard InChI is InChI=1S/C42H45N7O/c1-46(27-31-14-19-35(20-15-31)48-24-5-6-25-48)29-41(50)49(28-34-10-7-9-32-8-3-4-11-37(32)34)36-21-22-39-38(26-36)45-40(47(39)2)23-16-30-12-17-33(18-13-30)42(43)44/h3-4,7-15,17-22,26H,5-6,16,23-25,27-29H2,1-2H3,(H3,43,44). The average Bonchev–Trinajstić information content (AvgIpc) is 3.78. The summed E-state index contributed by atoms with van der Waals surface area (Å²) in [6, 6.07) is 37.5. The molecule has 0 unspecified atom stereocenters. The Morgan fingerprint density at radius 3 is 2.32 bits per heavy atom. The maximum atomic E-state index is 14.3. The van der Waals surface area contributed by atoms with Gasteiger partial charge in [0.15, 0.2) is 0 Å². The molecule has 254 valence electrons. The van der Waals surface area contributed by atoms with Crippen molar-refractivity contribution in [1.82, 2.24) is 14.5 Å². The van der Waals surface area contributed by atoms with Gasteiger partial charge in [0.2, 0.25) is 5.91 Å². The first-order chi connectivity index (χ1) is 24.3. The topological polar surface area (TPSA) is 94.5 Å². The summed E-state index contributed by atoms with van der Waals surface area (Å²) in [5.74, 6) is 1.10. The van der Waals surface area contributed by atoms with Crippen LogP contribution in [0.4, 0.5) is 11.4 Å². The van der Waals surface area contributed by atoms with Crippen LogP contribution in [0.1, 0.15) is 40.9 Å². The zero-order chi connectivity index (χ0) is 34.6. The fraction of sp³-hybridized carbons (Fsp3) is 0.262. The molecule has 1 aliphatic rings. The number of amides is 1. The molecule has 6 aromatic rings. The van der Waals surface area contributed by atoms with Gasteiger partial charge in [-0.3, -0.25) is 15.1 Å². The summed E-state index contributed by atoms with van der Waals surface area (Å²) in [4.78, 5) is 25.8. The Labute approximate surface area is 294 Å². The largest absolute Gasteiger partial charge is 0.384 e. The number of hydrogen-bond acceptors (Lipinski definition) is 5. The van der Waals surface area contributed by atoms with Crippen LogP contribution in [0.3, 0.4) is 0 Å². The molecule has 3 N–H and O–H groups in total. The molecule has 0 radical (unpaired) electrons. The predicted molar refractivity (Wildman–Crippen MR) is 205 cm³/mol. The Balaban J connectivity index is 1.12. The molecular weight excluding hydrogens is 619 g/mol. The molecule has 1 aromatic heterocycles. The van der Waals surface area contributed by atoms with Crippen molar-refractivity contribution in [3.05, 3.63) is 137 Å². The number of aromatic nitrogens is 2. The van der Waals surface area contributed by atoms with Crippen molar-refractivity contribution < 1.29 is 4.79 Å². The van der Waals surface area contributed by atoms with E-state index in [9.17, 15) is 4.79 Å². The van der Waals surface area contributed by atoms with E-state index in [1.165, 1.54) is 29.7 Å². The van der Waals surface area contributed by atoms with Gasteiger partial charge in [-0.05, 0) is 84.1 Å². The molecule has 0 atom stereocenters. The Kier molecular flexibility index (Phi) is 9.63. The van der Waals surface area contributed by atoms with Crippen LogP contribution in [0.15, 0.2) is 109 Å². The summed E-state index contributed by atoms with van der Waals surface area (Å²) in [5, 5.41) is 9.96. The van der Waals surface area contributed by atoms with Crippen LogP contribution in [0, 0.1) is 5.41 Å². The van der Waals surface area contributed by atoms with E-state index in [-0.39, 0.29) is 18.3 Å². The molecule has 1 amide bonds. The fourth-order valence-corrected chi connectivity index (χ4v) is 7.13. The molecule has 1 aliphatic heterocycles. The molecule has 0 aliphatic carbocycles. The van der Waals surface area contributed by atoms with Crippen molar-refractivity contribution in [3.8, 4) is 0 Å². The summed E-state index contributed by atoms with van der Waals surface area (Å²) < 4.78 is 2.14. The van der Waals surface area contributed by atoms with Crippen LogP contribution in [0.25, 0.3) is 21.8 Å². The normalized spacial score (nSPS) is 13.1. The van der Waals surface area contributed by atoms with E-state index in [1.54, 1.807) is 0 Å². The number of carbonyl (C=O) groups excluding carboxylic acids is 1. The number of benzene rings is 5. The molecule has 0 saturated carbocycles. The molecule has 1 saturated heterocycles. The third-order valence-corrected chi connectivity index (χ3v) is 9.95. The number of nitrogens with zero attached hydrogens (tertiary/aromatic N) is 5. The van der Waals surface area contributed by atoms with Gasteiger partial charge >= 0.3 is 0 Å². The molecule has 2 heterocycles. The molecular formula is C42H45N7O. The lowest BCUT2D eigenvalue weighted by molar-refractivity contribution is -0.119. The highest BCUT2D eigenvalue weighted by molar-refractivity contribution is 5.97. The van der Waals surface area contributed by atoms with Gasteiger partial charge in [-0.15, -0.1) is 0 Å². The number of amidine groups is 1. The van der Waals surface area contributed by atoms with Crippen molar-refractivity contribution in [2.75, 3.05) is 36.5 Å². The summed E-state index contributed by atoms with van der Waals surface area (Å²) in [6.07, 6.45) is 4.11. The smallest absolute Gasteiger partial charge is 0.241 e. The first-order valence-corrected chi connectivity index (χ1v) is 17.5. The van der Waals surface area contributed by atoms with Gasteiger partial charge < -0.3 is 20.1 Å². The number of likely N-dealkylation sites (N-methyl/N-ethyl adjacent to an activating group) is 1. The van der Waals surface area contributed by atoms with Crippen molar-refractivity contribution in [2.24, 2.45) is 12.8 Å². The minimum Gasteiger partial charge on any atom is -0.384 e. The minimum absolute atomic E-state index is 0.0404. The van der Waals surface area contributed by atoms with E-state index in [4.69, 9.17) is 16.1 Å². The first kappa shape index (κ1) is 33.0. The van der Waals surface area contributed by atoms with Crippen molar-refractivity contribution in [2.45, 2.75) is 38.8 Å². The number of rotatable bonds is 12. The number of nitrogens with one attached hydrogen (secondary N) is 1. The number of aryl methyl sites for hydroxylation is 3. The summed E-state index contributed by atoms with van der Waals surface area (Å²) in [5.41, 5.74) is 13.8. The maximum absolute atomic E-state index is 14.3. The molecule has 1 fully saturated rings. The van der Waals surface area contributed by atoms with Crippen LogP contribution in [0.2, 0.25) is 0 Å². The number of fused-ring (bicyclic) bond motifs is 2. The molecule has 8 heteroatoms. The lowest BCUT2D eigenvalue weighted by Gasteiger charge is -2.27. The van der Waals surface area contributed by atoms with Crippen molar-refractivity contribution >= 4 is 44.9 Å². The van der Waals surface area contributed by atoms with Gasteiger partial charge in [0.1, 0.15) is 11.7 Å². The zero-order valence-corrected chi connectivity index (χ0v) is 29.0. The maximum Gasteiger partial charge on any atom is 0.241 e. The number of carbonyl (C=O) groups is 1. The van der Waals surface area contributed by atoms with Gasteiger partial charge in [0.25, 0.3) is 0 Å². The van der Waals surface area contributed by atoms with Crippen molar-refractivity contribution in [1.29, 1.82) is 5.41 Å². The Morgan fingerprint density at radius 2 is 1.56 bits per heavy atom. The lowest BCUT2D eigenvalue weighted by atomic mass is 10.0. The molecule has 8 nitrogen and oxygen atoms in total. The SMILES string of the molecule is CN(CC(=O)N(Cc1cccc2ccccc12)c1ccc2c(c1)nc(CCc1ccc(C(=N)N)cc1)n2C)Cc1ccc(N2CCCC2)cc1. The lowest BCUT2D eigenvalue weighted by Crippen LogP contribution is -2.38. The number of nitrogens with two attached hydrogens (primary N) is 1. The third-order valence-electron chi connectivity index (χ3n) is 9.95. The van der Waals surface area contributed by atoms with E-state index in [1.807, 2.05) is 42.3 Å². The van der Waals surface area contributed by atoms with Crippen LogP contribution >= 0.6 is 0 Å². The minimum atomic E-state index is 0.0404. The summed E-state index contributed by atoms with van der Waals surface area (Å²) >= 11 is 0. The van der Waals surface area contributed by atoms with E-state index < -0.39 is 0 Å². The fourth-order valence-electron chi connectivity index (χ4n) is 7.13. The number of hydrogen-bond donors (Lipinski definition) is 2. The molecule has 7 rings (SSSR count). The van der Waals surface area contributed by atoms with E-state index in [0.717, 1.165) is 70.4 Å². The van der Waals surface area contributed by atoms with E-state index in [2.05, 4.69) is 100 Å². The van der Waals surface area contributed by atoms with Gasteiger partial charge in [0.05, 0.1) is 24.1 Å². The number of nitrogen functional groups attached to an aromatic ring is 1. The highest BCUT2D eigenvalue weighted by Gasteiger charge is 2.21. The molecule has 0 spiro atoms. The van der Waals surface area contributed by atoms with Gasteiger partial charge in [0, 0.05) is 50.0 Å². The zero-order valence-electron chi connectivity index (χ0n) is 29.0. The molecule has 0 bridgehead atoms. The second kappa shape index (κ2) is 14.6.